The zero-order valence-electron chi connectivity index (χ0n) is 12.4. The first kappa shape index (κ1) is 13.9. The lowest BCUT2D eigenvalue weighted by Gasteiger charge is -2.24. The van der Waals surface area contributed by atoms with Gasteiger partial charge < -0.3 is 15.2 Å². The van der Waals surface area contributed by atoms with Gasteiger partial charge in [-0.15, -0.1) is 0 Å². The van der Waals surface area contributed by atoms with Crippen LogP contribution in [0.15, 0.2) is 18.3 Å². The third kappa shape index (κ3) is 2.58. The van der Waals surface area contributed by atoms with Crippen molar-refractivity contribution in [3.63, 3.8) is 0 Å². The van der Waals surface area contributed by atoms with Crippen molar-refractivity contribution in [1.82, 2.24) is 14.8 Å². The fourth-order valence-electron chi connectivity index (χ4n) is 2.68. The third-order valence-corrected chi connectivity index (χ3v) is 3.73. The van der Waals surface area contributed by atoms with Gasteiger partial charge in [0.15, 0.2) is 6.23 Å². The summed E-state index contributed by atoms with van der Waals surface area (Å²) in [5, 5.41) is 4.39. The number of hydrogen-bond acceptors (Lipinski definition) is 5. The maximum absolute atomic E-state index is 6.13. The normalized spacial score (nSPS) is 18.7. The van der Waals surface area contributed by atoms with Gasteiger partial charge >= 0.3 is 0 Å². The molecule has 1 aliphatic heterocycles. The van der Waals surface area contributed by atoms with Crippen molar-refractivity contribution in [3.05, 3.63) is 23.9 Å². The van der Waals surface area contributed by atoms with E-state index in [9.17, 15) is 0 Å². The van der Waals surface area contributed by atoms with Crippen molar-refractivity contribution < 1.29 is 9.47 Å². The summed E-state index contributed by atoms with van der Waals surface area (Å²) in [6, 6.07) is 3.78. The summed E-state index contributed by atoms with van der Waals surface area (Å²) in [6.45, 7) is 2.69. The lowest BCUT2D eigenvalue weighted by atomic mass is 10.1. The van der Waals surface area contributed by atoms with E-state index in [1.54, 1.807) is 13.3 Å². The minimum Gasteiger partial charge on any atom is -0.481 e. The van der Waals surface area contributed by atoms with Crippen molar-refractivity contribution in [3.8, 4) is 17.3 Å². The summed E-state index contributed by atoms with van der Waals surface area (Å²) in [4.78, 5) is 4.52. The van der Waals surface area contributed by atoms with Gasteiger partial charge in [0.1, 0.15) is 5.69 Å². The molecule has 0 radical (unpaired) electrons. The molecule has 6 nitrogen and oxygen atoms in total. The zero-order chi connectivity index (χ0) is 14.8. The molecule has 2 aromatic heterocycles. The van der Waals surface area contributed by atoms with E-state index in [1.807, 2.05) is 23.7 Å². The second-order valence-corrected chi connectivity index (χ2v) is 5.23. The van der Waals surface area contributed by atoms with E-state index in [0.29, 0.717) is 17.3 Å². The largest absolute Gasteiger partial charge is 0.481 e. The van der Waals surface area contributed by atoms with Gasteiger partial charge in [-0.05, 0) is 38.3 Å². The number of nitrogen functional groups attached to an aromatic ring is 1. The van der Waals surface area contributed by atoms with Gasteiger partial charge in [0.2, 0.25) is 5.88 Å². The summed E-state index contributed by atoms with van der Waals surface area (Å²) in [5.74, 6) is 0.580. The fourth-order valence-corrected chi connectivity index (χ4v) is 2.68. The van der Waals surface area contributed by atoms with E-state index in [-0.39, 0.29) is 6.23 Å². The van der Waals surface area contributed by atoms with E-state index in [0.717, 1.165) is 37.1 Å². The van der Waals surface area contributed by atoms with Crippen LogP contribution in [0.5, 0.6) is 5.88 Å². The van der Waals surface area contributed by atoms with Crippen molar-refractivity contribution in [1.29, 1.82) is 0 Å². The number of nitrogens with zero attached hydrogens (tertiary/aromatic N) is 3. The molecule has 0 aromatic carbocycles. The average Bonchev–Trinajstić information content (AvgIpc) is 2.97. The Morgan fingerprint density at radius 3 is 3.00 bits per heavy atom. The fraction of sp³-hybridized carbons (Fsp3) is 0.467. The molecular weight excluding hydrogens is 268 g/mol. The van der Waals surface area contributed by atoms with Gasteiger partial charge in [-0.1, -0.05) is 0 Å². The van der Waals surface area contributed by atoms with E-state index in [2.05, 4.69) is 10.1 Å². The number of methoxy groups -OCH3 is 1. The molecule has 0 bridgehead atoms. The van der Waals surface area contributed by atoms with Gasteiger partial charge in [0, 0.05) is 18.4 Å². The predicted octanol–water partition coefficient (Wildman–Crippen LogP) is 2.54. The molecule has 0 aliphatic carbocycles. The smallest absolute Gasteiger partial charge is 0.216 e. The van der Waals surface area contributed by atoms with Gasteiger partial charge in [-0.2, -0.15) is 5.10 Å². The van der Waals surface area contributed by atoms with Crippen molar-refractivity contribution in [2.24, 2.45) is 0 Å². The number of pyridine rings is 1. The van der Waals surface area contributed by atoms with Gasteiger partial charge in [0.25, 0.3) is 0 Å². The van der Waals surface area contributed by atoms with Crippen molar-refractivity contribution in [2.75, 3.05) is 19.5 Å². The van der Waals surface area contributed by atoms with Crippen molar-refractivity contribution >= 4 is 5.69 Å². The molecule has 2 aromatic rings. The molecule has 3 rings (SSSR count). The quantitative estimate of drug-likeness (QED) is 0.939. The van der Waals surface area contributed by atoms with Crippen LogP contribution >= 0.6 is 0 Å². The van der Waals surface area contributed by atoms with E-state index in [4.69, 9.17) is 15.2 Å². The molecule has 1 saturated heterocycles. The Balaban J connectivity index is 2.03. The highest BCUT2D eigenvalue weighted by atomic mass is 16.5. The Kier molecular flexibility index (Phi) is 3.79. The second-order valence-electron chi connectivity index (χ2n) is 5.23. The van der Waals surface area contributed by atoms with Crippen LogP contribution in [0.1, 0.15) is 31.1 Å². The molecule has 6 heteroatoms. The van der Waals surface area contributed by atoms with E-state index >= 15 is 0 Å². The molecule has 1 aliphatic rings. The minimum atomic E-state index is -0.0442. The molecule has 1 atom stereocenters. The molecule has 1 unspecified atom stereocenters. The Morgan fingerprint density at radius 2 is 2.29 bits per heavy atom. The standard InChI is InChI=1S/C15H20N4O2/c1-10-9-11(16)14(18-15(10)20-2)12-6-7-17-19(12)13-5-3-4-8-21-13/h6-7,9,13H,3-5,8,16H2,1-2H3. The molecule has 1 fully saturated rings. The highest BCUT2D eigenvalue weighted by Crippen LogP contribution is 2.32. The Labute approximate surface area is 123 Å². The van der Waals surface area contributed by atoms with E-state index < -0.39 is 0 Å². The van der Waals surface area contributed by atoms with Gasteiger partial charge in [0.05, 0.1) is 18.5 Å². The maximum Gasteiger partial charge on any atom is 0.216 e. The topological polar surface area (TPSA) is 75.2 Å². The number of anilines is 1. The van der Waals surface area contributed by atoms with Gasteiger partial charge in [-0.3, -0.25) is 0 Å². The molecule has 21 heavy (non-hydrogen) atoms. The van der Waals surface area contributed by atoms with Crippen LogP contribution < -0.4 is 10.5 Å². The molecule has 2 N–H and O–H groups in total. The molecule has 0 amide bonds. The first-order valence-electron chi connectivity index (χ1n) is 7.17. The molecule has 112 valence electrons. The maximum atomic E-state index is 6.13. The molecule has 0 saturated carbocycles. The summed E-state index contributed by atoms with van der Waals surface area (Å²) in [5.41, 5.74) is 9.21. The number of aryl methyl sites for hydroxylation is 1. The van der Waals surface area contributed by atoms with Crippen LogP contribution in [0.3, 0.4) is 0 Å². The highest BCUT2D eigenvalue weighted by molar-refractivity contribution is 5.71. The zero-order valence-corrected chi connectivity index (χ0v) is 12.4. The Hall–Kier alpha value is -2.08. The summed E-state index contributed by atoms with van der Waals surface area (Å²) < 4.78 is 13.0. The number of aromatic nitrogens is 3. The van der Waals surface area contributed by atoms with E-state index in [1.165, 1.54) is 0 Å². The molecule has 0 spiro atoms. The predicted molar refractivity (Wildman–Crippen MR) is 80.0 cm³/mol. The first-order valence-corrected chi connectivity index (χ1v) is 7.17. The SMILES string of the molecule is COc1nc(-c2ccnn2C2CCCCO2)c(N)cc1C. The third-order valence-electron chi connectivity index (χ3n) is 3.73. The average molecular weight is 288 g/mol. The van der Waals surface area contributed by atoms with Crippen LogP contribution in [0.25, 0.3) is 11.4 Å². The monoisotopic (exact) mass is 288 g/mol. The number of ether oxygens (including phenoxy) is 2. The second kappa shape index (κ2) is 5.73. The Bertz CT molecular complexity index is 633. The first-order chi connectivity index (χ1) is 10.2. The molecule has 3 heterocycles. The van der Waals surface area contributed by atoms with Crippen molar-refractivity contribution in [2.45, 2.75) is 32.4 Å². The minimum absolute atomic E-state index is 0.0442. The number of rotatable bonds is 3. The number of nitrogens with two attached hydrogens (primary N) is 1. The lowest BCUT2D eigenvalue weighted by molar-refractivity contribution is -0.0384. The Morgan fingerprint density at radius 1 is 1.43 bits per heavy atom. The highest BCUT2D eigenvalue weighted by Gasteiger charge is 2.21. The lowest BCUT2D eigenvalue weighted by Crippen LogP contribution is -2.20. The van der Waals surface area contributed by atoms with Gasteiger partial charge in [-0.25, -0.2) is 9.67 Å². The summed E-state index contributed by atoms with van der Waals surface area (Å²) in [7, 11) is 1.61. The number of hydrogen-bond donors (Lipinski definition) is 1. The van der Waals surface area contributed by atoms with Crippen LogP contribution in [0, 0.1) is 6.92 Å². The summed E-state index contributed by atoms with van der Waals surface area (Å²) in [6.07, 6.45) is 4.91. The van der Waals surface area contributed by atoms with Crippen LogP contribution in [0.4, 0.5) is 5.69 Å². The van der Waals surface area contributed by atoms with Crippen LogP contribution in [0.2, 0.25) is 0 Å². The molecular formula is C15H20N4O2. The van der Waals surface area contributed by atoms with Crippen LogP contribution in [-0.2, 0) is 4.74 Å². The summed E-state index contributed by atoms with van der Waals surface area (Å²) >= 11 is 0. The van der Waals surface area contributed by atoms with Crippen LogP contribution in [-0.4, -0.2) is 28.5 Å².